The molecular weight excluding hydrogens is 362 g/mol. The fourth-order valence-electron chi connectivity index (χ4n) is 4.24. The molecule has 0 aliphatic carbocycles. The van der Waals surface area contributed by atoms with Crippen molar-refractivity contribution in [2.75, 3.05) is 44.2 Å². The fourth-order valence-corrected chi connectivity index (χ4v) is 4.24. The zero-order chi connectivity index (χ0) is 20.4. The first-order valence-corrected chi connectivity index (χ1v) is 10.8. The fraction of sp³-hybridized carbons (Fsp3) is 0.565. The molecule has 2 aliphatic heterocycles. The lowest BCUT2D eigenvalue weighted by molar-refractivity contribution is -0.120. The van der Waals surface area contributed by atoms with Crippen LogP contribution in [0.5, 0.6) is 0 Å². The first-order valence-electron chi connectivity index (χ1n) is 10.8. The Kier molecular flexibility index (Phi) is 5.74. The van der Waals surface area contributed by atoms with E-state index in [1.807, 2.05) is 21.8 Å². The Bertz CT molecular complexity index is 845. The molecule has 0 spiro atoms. The SMILES string of the molecule is CC(C)(C)n1cc(CN2CCN(CC(=O)N3CCCc4ccccc43)CC2)cn1. The van der Waals surface area contributed by atoms with Gasteiger partial charge in [0.15, 0.2) is 0 Å². The van der Waals surface area contributed by atoms with E-state index in [0.717, 1.165) is 57.8 Å². The van der Waals surface area contributed by atoms with Gasteiger partial charge in [0.2, 0.25) is 5.91 Å². The minimum absolute atomic E-state index is 0.0182. The van der Waals surface area contributed by atoms with Crippen molar-refractivity contribution in [3.63, 3.8) is 0 Å². The van der Waals surface area contributed by atoms with Crippen LogP contribution in [0.2, 0.25) is 0 Å². The number of carbonyl (C=O) groups excluding carboxylic acids is 1. The van der Waals surface area contributed by atoms with Gasteiger partial charge in [-0.25, -0.2) is 0 Å². The van der Waals surface area contributed by atoms with E-state index in [1.54, 1.807) is 0 Å². The maximum Gasteiger partial charge on any atom is 0.241 e. The maximum absolute atomic E-state index is 13.0. The van der Waals surface area contributed by atoms with Gasteiger partial charge in [-0.2, -0.15) is 5.10 Å². The Balaban J connectivity index is 1.28. The van der Waals surface area contributed by atoms with Gasteiger partial charge in [0, 0.05) is 56.7 Å². The Morgan fingerprint density at radius 2 is 1.76 bits per heavy atom. The number of hydrogen-bond acceptors (Lipinski definition) is 4. The summed E-state index contributed by atoms with van der Waals surface area (Å²) in [4.78, 5) is 19.7. The van der Waals surface area contributed by atoms with Crippen LogP contribution in [0.3, 0.4) is 0 Å². The monoisotopic (exact) mass is 395 g/mol. The van der Waals surface area contributed by atoms with Crippen molar-refractivity contribution in [2.24, 2.45) is 0 Å². The van der Waals surface area contributed by atoms with Gasteiger partial charge in [0.1, 0.15) is 0 Å². The molecular formula is C23H33N5O. The second-order valence-electron chi connectivity index (χ2n) is 9.29. The standard InChI is InChI=1S/C23H33N5O/c1-23(2,3)28-17-19(15-24-28)16-25-11-13-26(14-12-25)18-22(29)27-10-6-8-20-7-4-5-9-21(20)27/h4-5,7,9,15,17H,6,8,10-14,16,18H2,1-3H3. The van der Waals surface area contributed by atoms with Gasteiger partial charge in [-0.3, -0.25) is 19.3 Å². The predicted octanol–water partition coefficient (Wildman–Crippen LogP) is 2.74. The molecule has 0 N–H and O–H groups in total. The molecule has 0 atom stereocenters. The van der Waals surface area contributed by atoms with Crippen molar-refractivity contribution in [3.05, 3.63) is 47.8 Å². The third kappa shape index (κ3) is 4.70. The number of para-hydroxylation sites is 1. The van der Waals surface area contributed by atoms with E-state index in [2.05, 4.69) is 60.1 Å². The van der Waals surface area contributed by atoms with Crippen LogP contribution in [0.4, 0.5) is 5.69 Å². The number of fused-ring (bicyclic) bond motifs is 1. The molecule has 0 bridgehead atoms. The molecule has 1 amide bonds. The molecule has 1 aromatic heterocycles. The van der Waals surface area contributed by atoms with Gasteiger partial charge in [-0.05, 0) is 45.2 Å². The van der Waals surface area contributed by atoms with Crippen molar-refractivity contribution < 1.29 is 4.79 Å². The summed E-state index contributed by atoms with van der Waals surface area (Å²) in [6.07, 6.45) is 6.27. The molecule has 4 rings (SSSR count). The van der Waals surface area contributed by atoms with Gasteiger partial charge in [-0.15, -0.1) is 0 Å². The third-order valence-electron chi connectivity index (χ3n) is 5.96. The van der Waals surface area contributed by atoms with Crippen LogP contribution in [0.15, 0.2) is 36.7 Å². The molecule has 6 nitrogen and oxygen atoms in total. The van der Waals surface area contributed by atoms with E-state index >= 15 is 0 Å². The Hall–Kier alpha value is -2.18. The van der Waals surface area contributed by atoms with Gasteiger partial charge in [-0.1, -0.05) is 18.2 Å². The molecule has 29 heavy (non-hydrogen) atoms. The Morgan fingerprint density at radius 3 is 2.48 bits per heavy atom. The van der Waals surface area contributed by atoms with Crippen LogP contribution in [-0.2, 0) is 23.3 Å². The van der Waals surface area contributed by atoms with Crippen LogP contribution in [0.1, 0.15) is 38.3 Å². The summed E-state index contributed by atoms with van der Waals surface area (Å²) in [5.74, 6) is 0.233. The molecule has 1 fully saturated rings. The van der Waals surface area contributed by atoms with Crippen molar-refractivity contribution in [2.45, 2.75) is 45.7 Å². The molecule has 1 saturated heterocycles. The number of hydrogen-bond donors (Lipinski definition) is 0. The summed E-state index contributed by atoms with van der Waals surface area (Å²) in [6, 6.07) is 8.33. The lowest BCUT2D eigenvalue weighted by Crippen LogP contribution is -2.50. The van der Waals surface area contributed by atoms with Gasteiger partial charge in [0.05, 0.1) is 18.3 Å². The molecule has 0 radical (unpaired) electrons. The molecule has 156 valence electrons. The first-order chi connectivity index (χ1) is 13.9. The molecule has 1 aromatic carbocycles. The average Bonchev–Trinajstić information content (AvgIpc) is 3.18. The number of nitrogens with zero attached hydrogens (tertiary/aromatic N) is 5. The lowest BCUT2D eigenvalue weighted by atomic mass is 10.0. The normalized spacial score (nSPS) is 18.7. The minimum atomic E-state index is 0.0182. The number of aromatic nitrogens is 2. The van der Waals surface area contributed by atoms with Crippen LogP contribution >= 0.6 is 0 Å². The number of rotatable bonds is 4. The number of benzene rings is 1. The van der Waals surface area contributed by atoms with E-state index in [1.165, 1.54) is 11.1 Å². The highest BCUT2D eigenvalue weighted by Gasteiger charge is 2.26. The molecule has 3 heterocycles. The predicted molar refractivity (Wildman–Crippen MR) is 116 cm³/mol. The quantitative estimate of drug-likeness (QED) is 0.799. The molecule has 6 heteroatoms. The highest BCUT2D eigenvalue weighted by molar-refractivity contribution is 5.95. The van der Waals surface area contributed by atoms with Gasteiger partial charge < -0.3 is 4.90 Å². The van der Waals surface area contributed by atoms with Crippen molar-refractivity contribution in [3.8, 4) is 0 Å². The van der Waals surface area contributed by atoms with E-state index in [0.29, 0.717) is 6.54 Å². The van der Waals surface area contributed by atoms with Crippen molar-refractivity contribution in [1.82, 2.24) is 19.6 Å². The van der Waals surface area contributed by atoms with Crippen molar-refractivity contribution in [1.29, 1.82) is 0 Å². The number of anilines is 1. The minimum Gasteiger partial charge on any atom is -0.311 e. The smallest absolute Gasteiger partial charge is 0.241 e. The second kappa shape index (κ2) is 8.28. The summed E-state index contributed by atoms with van der Waals surface area (Å²) in [5.41, 5.74) is 3.69. The maximum atomic E-state index is 13.0. The van der Waals surface area contributed by atoms with E-state index in [9.17, 15) is 4.79 Å². The van der Waals surface area contributed by atoms with Gasteiger partial charge in [0.25, 0.3) is 0 Å². The average molecular weight is 396 g/mol. The third-order valence-corrected chi connectivity index (χ3v) is 5.96. The Labute approximate surface area is 174 Å². The van der Waals surface area contributed by atoms with Crippen LogP contribution in [0, 0.1) is 0 Å². The number of piperazine rings is 1. The van der Waals surface area contributed by atoms with Crippen molar-refractivity contribution >= 4 is 11.6 Å². The highest BCUT2D eigenvalue weighted by atomic mass is 16.2. The molecule has 0 unspecified atom stereocenters. The van der Waals surface area contributed by atoms with E-state index in [4.69, 9.17) is 0 Å². The summed E-state index contributed by atoms with van der Waals surface area (Å²) >= 11 is 0. The highest BCUT2D eigenvalue weighted by Crippen LogP contribution is 2.27. The molecule has 2 aromatic rings. The summed E-state index contributed by atoms with van der Waals surface area (Å²) in [7, 11) is 0. The van der Waals surface area contributed by atoms with E-state index < -0.39 is 0 Å². The topological polar surface area (TPSA) is 44.6 Å². The molecule has 0 saturated carbocycles. The van der Waals surface area contributed by atoms with Gasteiger partial charge >= 0.3 is 0 Å². The Morgan fingerprint density at radius 1 is 1.03 bits per heavy atom. The lowest BCUT2D eigenvalue weighted by Gasteiger charge is -2.36. The van der Waals surface area contributed by atoms with Crippen LogP contribution in [-0.4, -0.2) is 64.8 Å². The number of aryl methyl sites for hydroxylation is 1. The zero-order valence-corrected chi connectivity index (χ0v) is 18.0. The van der Waals surface area contributed by atoms with Crippen LogP contribution in [0.25, 0.3) is 0 Å². The summed E-state index contributed by atoms with van der Waals surface area (Å²) < 4.78 is 2.04. The first kappa shape index (κ1) is 20.1. The zero-order valence-electron chi connectivity index (χ0n) is 18.0. The largest absolute Gasteiger partial charge is 0.311 e. The van der Waals surface area contributed by atoms with Crippen LogP contribution < -0.4 is 4.90 Å². The summed E-state index contributed by atoms with van der Waals surface area (Å²) in [6.45, 7) is 12.6. The summed E-state index contributed by atoms with van der Waals surface area (Å²) in [5, 5.41) is 4.51. The second-order valence-corrected chi connectivity index (χ2v) is 9.29. The molecule has 2 aliphatic rings. The van der Waals surface area contributed by atoms with E-state index in [-0.39, 0.29) is 11.4 Å². The number of amides is 1. The number of carbonyl (C=O) groups is 1.